The monoisotopic (exact) mass is 202 g/mol. The van der Waals surface area contributed by atoms with Gasteiger partial charge in [-0.15, -0.1) is 0 Å². The van der Waals surface area contributed by atoms with Gasteiger partial charge in [-0.3, -0.25) is 0 Å². The number of rotatable bonds is 1. The number of aromatic amines is 1. The van der Waals surface area contributed by atoms with Crippen molar-refractivity contribution in [3.63, 3.8) is 0 Å². The van der Waals surface area contributed by atoms with Crippen molar-refractivity contribution in [2.75, 3.05) is 31.1 Å². The van der Waals surface area contributed by atoms with Crippen molar-refractivity contribution in [3.05, 3.63) is 24.5 Å². The Hall–Kier alpha value is -1.55. The van der Waals surface area contributed by atoms with Gasteiger partial charge in [-0.2, -0.15) is 0 Å². The molecule has 0 aliphatic carbocycles. The van der Waals surface area contributed by atoms with E-state index in [0.29, 0.717) is 0 Å². The van der Waals surface area contributed by atoms with Crippen LogP contribution in [0.5, 0.6) is 0 Å². The van der Waals surface area contributed by atoms with Crippen LogP contribution in [0.4, 0.5) is 5.69 Å². The molecule has 0 bridgehead atoms. The molecule has 4 nitrogen and oxygen atoms in total. The maximum atomic E-state index is 4.30. The van der Waals surface area contributed by atoms with E-state index in [1.54, 1.807) is 0 Å². The second kappa shape index (κ2) is 3.55. The Morgan fingerprint density at radius 1 is 1.20 bits per heavy atom. The van der Waals surface area contributed by atoms with Gasteiger partial charge in [-0.1, -0.05) is 0 Å². The fraction of sp³-hybridized carbons (Fsp3) is 0.364. The number of hydrogen-bond donors (Lipinski definition) is 2. The first-order valence-electron chi connectivity index (χ1n) is 5.33. The molecule has 0 aromatic carbocycles. The van der Waals surface area contributed by atoms with Gasteiger partial charge in [0.2, 0.25) is 0 Å². The minimum absolute atomic E-state index is 0.978. The summed E-state index contributed by atoms with van der Waals surface area (Å²) < 4.78 is 0. The Morgan fingerprint density at radius 2 is 2.07 bits per heavy atom. The Labute approximate surface area is 88.3 Å². The van der Waals surface area contributed by atoms with E-state index < -0.39 is 0 Å². The number of nitrogens with one attached hydrogen (secondary N) is 2. The predicted molar refractivity (Wildman–Crippen MR) is 61.2 cm³/mol. The van der Waals surface area contributed by atoms with Crippen LogP contribution in [0, 0.1) is 0 Å². The zero-order valence-corrected chi connectivity index (χ0v) is 8.53. The van der Waals surface area contributed by atoms with Crippen molar-refractivity contribution >= 4 is 16.7 Å². The predicted octanol–water partition coefficient (Wildman–Crippen LogP) is 0.972. The van der Waals surface area contributed by atoms with Crippen LogP contribution in [-0.2, 0) is 0 Å². The molecule has 0 spiro atoms. The van der Waals surface area contributed by atoms with Gasteiger partial charge in [0.25, 0.3) is 0 Å². The lowest BCUT2D eigenvalue weighted by Gasteiger charge is -2.29. The van der Waals surface area contributed by atoms with Crippen molar-refractivity contribution in [2.24, 2.45) is 0 Å². The highest BCUT2D eigenvalue weighted by molar-refractivity contribution is 5.89. The zero-order valence-electron chi connectivity index (χ0n) is 8.53. The van der Waals surface area contributed by atoms with Crippen molar-refractivity contribution < 1.29 is 0 Å². The maximum absolute atomic E-state index is 4.30. The average molecular weight is 202 g/mol. The third-order valence-electron chi connectivity index (χ3n) is 2.89. The van der Waals surface area contributed by atoms with Crippen LogP contribution in [0.3, 0.4) is 0 Å². The summed E-state index contributed by atoms with van der Waals surface area (Å²) in [6, 6.07) is 4.20. The van der Waals surface area contributed by atoms with E-state index in [1.807, 2.05) is 12.4 Å². The summed E-state index contributed by atoms with van der Waals surface area (Å²) in [7, 11) is 0. The van der Waals surface area contributed by atoms with Gasteiger partial charge in [0.15, 0.2) is 0 Å². The van der Waals surface area contributed by atoms with E-state index in [0.717, 1.165) is 31.8 Å². The molecule has 3 heterocycles. The summed E-state index contributed by atoms with van der Waals surface area (Å²) in [5.41, 5.74) is 2.27. The molecule has 2 aromatic rings. The molecular weight excluding hydrogens is 188 g/mol. The first-order chi connectivity index (χ1) is 7.45. The lowest BCUT2D eigenvalue weighted by molar-refractivity contribution is 0.590. The van der Waals surface area contributed by atoms with E-state index >= 15 is 0 Å². The van der Waals surface area contributed by atoms with E-state index in [1.165, 1.54) is 11.1 Å². The molecule has 1 saturated heterocycles. The number of hydrogen-bond acceptors (Lipinski definition) is 3. The first-order valence-corrected chi connectivity index (χ1v) is 5.33. The molecule has 1 fully saturated rings. The fourth-order valence-corrected chi connectivity index (χ4v) is 2.13. The molecule has 1 aliphatic rings. The second-order valence-electron chi connectivity index (χ2n) is 3.81. The number of nitrogens with zero attached hydrogens (tertiary/aromatic N) is 2. The Kier molecular flexibility index (Phi) is 2.07. The highest BCUT2D eigenvalue weighted by Gasteiger charge is 2.13. The van der Waals surface area contributed by atoms with Crippen LogP contribution in [0.1, 0.15) is 0 Å². The number of H-pyrrole nitrogens is 1. The van der Waals surface area contributed by atoms with Gasteiger partial charge >= 0.3 is 0 Å². The summed E-state index contributed by atoms with van der Waals surface area (Å²) in [4.78, 5) is 9.86. The summed E-state index contributed by atoms with van der Waals surface area (Å²) in [6.45, 7) is 4.27. The van der Waals surface area contributed by atoms with Crippen molar-refractivity contribution in [1.82, 2.24) is 15.3 Å². The Bertz CT molecular complexity index is 456. The number of fused-ring (bicyclic) bond motifs is 1. The molecule has 0 unspecified atom stereocenters. The van der Waals surface area contributed by atoms with E-state index in [2.05, 4.69) is 32.3 Å². The van der Waals surface area contributed by atoms with E-state index in [9.17, 15) is 0 Å². The third-order valence-corrected chi connectivity index (χ3v) is 2.89. The lowest BCUT2D eigenvalue weighted by atomic mass is 10.2. The quantitative estimate of drug-likeness (QED) is 0.724. The molecule has 0 atom stereocenters. The standard InChI is InChI=1S/C11H14N4/c1-3-13-11-9(1)10(2-4-14-11)15-7-5-12-6-8-15/h1-4,12H,5-8H2,(H,13,14). The molecule has 78 valence electrons. The Balaban J connectivity index is 2.05. The van der Waals surface area contributed by atoms with Crippen LogP contribution in [-0.4, -0.2) is 36.1 Å². The molecule has 0 radical (unpaired) electrons. The number of aromatic nitrogens is 2. The van der Waals surface area contributed by atoms with Crippen LogP contribution in [0.2, 0.25) is 0 Å². The van der Waals surface area contributed by atoms with Crippen LogP contribution in [0.25, 0.3) is 11.0 Å². The van der Waals surface area contributed by atoms with Gasteiger partial charge in [-0.25, -0.2) is 4.98 Å². The van der Waals surface area contributed by atoms with E-state index in [4.69, 9.17) is 0 Å². The van der Waals surface area contributed by atoms with Gasteiger partial charge in [-0.05, 0) is 12.1 Å². The minimum Gasteiger partial charge on any atom is -0.368 e. The van der Waals surface area contributed by atoms with Gasteiger partial charge in [0.05, 0.1) is 0 Å². The number of anilines is 1. The molecule has 2 N–H and O–H groups in total. The van der Waals surface area contributed by atoms with Gasteiger partial charge in [0, 0.05) is 49.6 Å². The van der Waals surface area contributed by atoms with Crippen LogP contribution >= 0.6 is 0 Å². The van der Waals surface area contributed by atoms with Crippen LogP contribution < -0.4 is 10.2 Å². The Morgan fingerprint density at radius 3 is 2.93 bits per heavy atom. The lowest BCUT2D eigenvalue weighted by Crippen LogP contribution is -2.43. The zero-order chi connectivity index (χ0) is 10.1. The number of pyridine rings is 1. The molecule has 1 aliphatic heterocycles. The smallest absolute Gasteiger partial charge is 0.139 e. The largest absolute Gasteiger partial charge is 0.368 e. The molecule has 4 heteroatoms. The second-order valence-corrected chi connectivity index (χ2v) is 3.81. The minimum atomic E-state index is 0.978. The maximum Gasteiger partial charge on any atom is 0.139 e. The molecule has 15 heavy (non-hydrogen) atoms. The summed E-state index contributed by atoms with van der Waals surface area (Å²) in [5, 5.41) is 4.58. The van der Waals surface area contributed by atoms with Crippen molar-refractivity contribution in [2.45, 2.75) is 0 Å². The molecule has 2 aromatic heterocycles. The third kappa shape index (κ3) is 1.47. The highest BCUT2D eigenvalue weighted by atomic mass is 15.2. The normalized spacial score (nSPS) is 17.2. The highest BCUT2D eigenvalue weighted by Crippen LogP contribution is 2.24. The van der Waals surface area contributed by atoms with Crippen LogP contribution in [0.15, 0.2) is 24.5 Å². The van der Waals surface area contributed by atoms with Crippen molar-refractivity contribution in [1.29, 1.82) is 0 Å². The summed E-state index contributed by atoms with van der Waals surface area (Å²) >= 11 is 0. The SMILES string of the molecule is c1cc(N2CCNCC2)c2cc[nH]c2n1. The summed E-state index contributed by atoms with van der Waals surface area (Å²) in [6.07, 6.45) is 3.82. The van der Waals surface area contributed by atoms with E-state index in [-0.39, 0.29) is 0 Å². The molecule has 0 amide bonds. The van der Waals surface area contributed by atoms with Gasteiger partial charge in [0.1, 0.15) is 5.65 Å². The summed E-state index contributed by atoms with van der Waals surface area (Å²) in [5.74, 6) is 0. The number of piperazine rings is 1. The average Bonchev–Trinajstić information content (AvgIpc) is 2.78. The van der Waals surface area contributed by atoms with Crippen molar-refractivity contribution in [3.8, 4) is 0 Å². The molecule has 0 saturated carbocycles. The topological polar surface area (TPSA) is 44.0 Å². The first kappa shape index (κ1) is 8.73. The molecular formula is C11H14N4. The molecule has 3 rings (SSSR count). The fourth-order valence-electron chi connectivity index (χ4n) is 2.13. The van der Waals surface area contributed by atoms with Gasteiger partial charge < -0.3 is 15.2 Å².